The summed E-state index contributed by atoms with van der Waals surface area (Å²) in [5.74, 6) is 1.71. The summed E-state index contributed by atoms with van der Waals surface area (Å²) >= 11 is 0. The van der Waals surface area contributed by atoms with E-state index in [0.717, 1.165) is 18.0 Å². The zero-order valence-corrected chi connectivity index (χ0v) is 17.3. The van der Waals surface area contributed by atoms with Gasteiger partial charge < -0.3 is 20.5 Å². The number of nitrogens with two attached hydrogens (primary N) is 1. The van der Waals surface area contributed by atoms with Gasteiger partial charge >= 0.3 is 0 Å². The molecule has 1 amide bonds. The number of ether oxygens (including phenoxy) is 2. The number of nitrogens with zero attached hydrogens (tertiary/aromatic N) is 1. The summed E-state index contributed by atoms with van der Waals surface area (Å²) in [5, 5.41) is 3.00. The predicted molar refractivity (Wildman–Crippen MR) is 115 cm³/mol. The Balaban J connectivity index is 0.00000240. The van der Waals surface area contributed by atoms with Gasteiger partial charge in [0, 0.05) is 25.0 Å². The maximum Gasteiger partial charge on any atom is 0.237 e. The zero-order valence-electron chi connectivity index (χ0n) is 16.5. The largest absolute Gasteiger partial charge is 0.486 e. The van der Waals surface area contributed by atoms with Crippen LogP contribution in [0.1, 0.15) is 18.4 Å². The molecule has 1 saturated heterocycles. The van der Waals surface area contributed by atoms with Crippen LogP contribution in [0.2, 0.25) is 0 Å². The lowest BCUT2D eigenvalue weighted by molar-refractivity contribution is -0.126. The van der Waals surface area contributed by atoms with Crippen LogP contribution in [0.25, 0.3) is 0 Å². The van der Waals surface area contributed by atoms with E-state index in [9.17, 15) is 4.79 Å². The molecule has 1 fully saturated rings. The number of rotatable bonds is 5. The number of amides is 1. The van der Waals surface area contributed by atoms with Gasteiger partial charge in [-0.05, 0) is 24.6 Å². The topological polar surface area (TPSA) is 76.8 Å². The summed E-state index contributed by atoms with van der Waals surface area (Å²) in [6.45, 7) is 4.28. The van der Waals surface area contributed by atoms with Crippen LogP contribution >= 0.6 is 12.4 Å². The van der Waals surface area contributed by atoms with Crippen molar-refractivity contribution in [3.05, 3.63) is 60.2 Å². The lowest BCUT2D eigenvalue weighted by Gasteiger charge is -2.28. The number of carbonyl (C=O) groups is 1. The molecule has 3 N–H and O–H groups in total. The molecule has 2 aliphatic rings. The first-order chi connectivity index (χ1) is 13.6. The van der Waals surface area contributed by atoms with Crippen molar-refractivity contribution in [2.45, 2.75) is 31.0 Å². The Hall–Kier alpha value is -2.28. The predicted octanol–water partition coefficient (Wildman–Crippen LogP) is 2.18. The van der Waals surface area contributed by atoms with Gasteiger partial charge in [0.1, 0.15) is 12.7 Å². The van der Waals surface area contributed by atoms with Crippen LogP contribution in [0, 0.1) is 0 Å². The van der Waals surface area contributed by atoms with E-state index in [1.54, 1.807) is 0 Å². The Labute approximate surface area is 177 Å². The molecule has 0 bridgehead atoms. The molecular weight excluding hydrogens is 390 g/mol. The SMILES string of the molecule is CC(C(=O)NCC1COc2ccccc2O1)N1C[C@@H](N)[C@H](c2ccccc2)C1.Cl. The molecule has 7 heteroatoms. The number of benzene rings is 2. The molecule has 0 spiro atoms. The van der Waals surface area contributed by atoms with Gasteiger partial charge in [-0.25, -0.2) is 0 Å². The van der Waals surface area contributed by atoms with E-state index in [1.807, 2.05) is 49.4 Å². The van der Waals surface area contributed by atoms with Gasteiger partial charge in [0.2, 0.25) is 5.91 Å². The second kappa shape index (κ2) is 9.48. The number of fused-ring (bicyclic) bond motifs is 1. The quantitative estimate of drug-likeness (QED) is 0.779. The maximum absolute atomic E-state index is 12.7. The maximum atomic E-state index is 12.7. The van der Waals surface area contributed by atoms with Gasteiger partial charge in [-0.15, -0.1) is 12.4 Å². The summed E-state index contributed by atoms with van der Waals surface area (Å²) < 4.78 is 11.6. The average Bonchev–Trinajstić information content (AvgIpc) is 3.13. The van der Waals surface area contributed by atoms with Crippen molar-refractivity contribution in [1.82, 2.24) is 10.2 Å². The highest BCUT2D eigenvalue weighted by Gasteiger charge is 2.35. The van der Waals surface area contributed by atoms with Crippen LogP contribution in [-0.2, 0) is 4.79 Å². The number of para-hydroxylation sites is 2. The van der Waals surface area contributed by atoms with E-state index < -0.39 is 0 Å². The molecule has 4 atom stereocenters. The first-order valence-electron chi connectivity index (χ1n) is 9.82. The van der Waals surface area contributed by atoms with Crippen LogP contribution in [0.5, 0.6) is 11.5 Å². The van der Waals surface area contributed by atoms with Crippen molar-refractivity contribution in [3.8, 4) is 11.5 Å². The Morgan fingerprint density at radius 3 is 2.59 bits per heavy atom. The van der Waals surface area contributed by atoms with Crippen molar-refractivity contribution in [2.75, 3.05) is 26.2 Å². The van der Waals surface area contributed by atoms with Crippen LogP contribution in [0.3, 0.4) is 0 Å². The van der Waals surface area contributed by atoms with E-state index in [2.05, 4.69) is 22.3 Å². The van der Waals surface area contributed by atoms with E-state index in [1.165, 1.54) is 5.56 Å². The lowest BCUT2D eigenvalue weighted by atomic mass is 9.95. The standard InChI is InChI=1S/C22H27N3O3.ClH/c1-15(25-12-18(19(23)13-25)16-7-3-2-4-8-16)22(26)24-11-17-14-27-20-9-5-6-10-21(20)28-17;/h2-10,15,17-19H,11-14,23H2,1H3,(H,24,26);1H/t15?,17?,18-,19+;/m0./s1. The van der Waals surface area contributed by atoms with Crippen molar-refractivity contribution in [2.24, 2.45) is 5.73 Å². The fraction of sp³-hybridized carbons (Fsp3) is 0.409. The van der Waals surface area contributed by atoms with Gasteiger partial charge in [-0.2, -0.15) is 0 Å². The molecule has 2 unspecified atom stereocenters. The number of nitrogens with one attached hydrogen (secondary N) is 1. The molecule has 29 heavy (non-hydrogen) atoms. The molecule has 0 radical (unpaired) electrons. The van der Waals surface area contributed by atoms with E-state index in [-0.39, 0.29) is 42.4 Å². The first kappa shape index (κ1) is 21.4. The Morgan fingerprint density at radius 2 is 1.83 bits per heavy atom. The number of halogens is 1. The molecule has 0 aliphatic carbocycles. The molecule has 4 rings (SSSR count). The van der Waals surface area contributed by atoms with Crippen molar-refractivity contribution < 1.29 is 14.3 Å². The van der Waals surface area contributed by atoms with Crippen LogP contribution < -0.4 is 20.5 Å². The molecule has 6 nitrogen and oxygen atoms in total. The molecule has 0 aromatic heterocycles. The van der Waals surface area contributed by atoms with Gasteiger partial charge in [-0.3, -0.25) is 9.69 Å². The highest BCUT2D eigenvalue weighted by molar-refractivity contribution is 5.85. The minimum atomic E-state index is -0.239. The van der Waals surface area contributed by atoms with Crippen molar-refractivity contribution >= 4 is 18.3 Å². The fourth-order valence-electron chi connectivity index (χ4n) is 3.92. The third-order valence-corrected chi connectivity index (χ3v) is 5.62. The molecule has 2 heterocycles. The third-order valence-electron chi connectivity index (χ3n) is 5.62. The first-order valence-corrected chi connectivity index (χ1v) is 9.82. The monoisotopic (exact) mass is 417 g/mol. The lowest BCUT2D eigenvalue weighted by Crippen LogP contribution is -2.48. The van der Waals surface area contributed by atoms with Gasteiger partial charge in [0.25, 0.3) is 0 Å². The number of carbonyl (C=O) groups excluding carboxylic acids is 1. The number of hydrogen-bond acceptors (Lipinski definition) is 5. The minimum absolute atomic E-state index is 0. The van der Waals surface area contributed by atoms with E-state index >= 15 is 0 Å². The van der Waals surface area contributed by atoms with Crippen molar-refractivity contribution in [1.29, 1.82) is 0 Å². The molecule has 0 saturated carbocycles. The molecule has 156 valence electrons. The third kappa shape index (κ3) is 4.83. The fourth-order valence-corrected chi connectivity index (χ4v) is 3.92. The van der Waals surface area contributed by atoms with E-state index in [4.69, 9.17) is 15.2 Å². The summed E-state index contributed by atoms with van der Waals surface area (Å²) in [6, 6.07) is 17.7. The highest BCUT2D eigenvalue weighted by atomic mass is 35.5. The van der Waals surface area contributed by atoms with Gasteiger partial charge in [0.15, 0.2) is 11.5 Å². The second-order valence-electron chi connectivity index (χ2n) is 7.55. The average molecular weight is 418 g/mol. The Morgan fingerprint density at radius 1 is 1.14 bits per heavy atom. The van der Waals surface area contributed by atoms with Crippen molar-refractivity contribution in [3.63, 3.8) is 0 Å². The summed E-state index contributed by atoms with van der Waals surface area (Å²) in [4.78, 5) is 14.8. The summed E-state index contributed by atoms with van der Waals surface area (Å²) in [5.41, 5.74) is 7.60. The Bertz CT molecular complexity index is 820. The highest BCUT2D eigenvalue weighted by Crippen LogP contribution is 2.31. The molecular formula is C22H28ClN3O3. The van der Waals surface area contributed by atoms with Crippen LogP contribution in [0.15, 0.2) is 54.6 Å². The number of hydrogen-bond donors (Lipinski definition) is 2. The Kier molecular flexibility index (Phi) is 7.00. The smallest absolute Gasteiger partial charge is 0.237 e. The zero-order chi connectivity index (χ0) is 19.5. The van der Waals surface area contributed by atoms with E-state index in [0.29, 0.717) is 19.7 Å². The summed E-state index contributed by atoms with van der Waals surface area (Å²) in [6.07, 6.45) is -0.191. The van der Waals surface area contributed by atoms with Gasteiger partial charge in [-0.1, -0.05) is 42.5 Å². The second-order valence-corrected chi connectivity index (χ2v) is 7.55. The molecule has 2 aliphatic heterocycles. The normalized spacial score (nSPS) is 24.4. The summed E-state index contributed by atoms with van der Waals surface area (Å²) in [7, 11) is 0. The number of likely N-dealkylation sites (tertiary alicyclic amines) is 1. The van der Waals surface area contributed by atoms with Crippen LogP contribution in [-0.4, -0.2) is 55.2 Å². The van der Waals surface area contributed by atoms with Crippen LogP contribution in [0.4, 0.5) is 0 Å². The molecule has 2 aromatic carbocycles. The molecule has 2 aromatic rings. The van der Waals surface area contributed by atoms with Gasteiger partial charge in [0.05, 0.1) is 12.6 Å². The minimum Gasteiger partial charge on any atom is -0.486 e.